The summed E-state index contributed by atoms with van der Waals surface area (Å²) in [4.78, 5) is 15.4. The molecule has 1 N–H and O–H groups in total. The Morgan fingerprint density at radius 1 is 1.35 bits per heavy atom. The van der Waals surface area contributed by atoms with E-state index < -0.39 is 16.8 Å². The van der Waals surface area contributed by atoms with Crippen LogP contribution in [0.2, 0.25) is 5.02 Å². The van der Waals surface area contributed by atoms with Crippen molar-refractivity contribution >= 4 is 28.4 Å². The van der Waals surface area contributed by atoms with Gasteiger partial charge in [0.15, 0.2) is 0 Å². The molecule has 104 valence electrons. The molecule has 0 saturated carbocycles. The van der Waals surface area contributed by atoms with Crippen molar-refractivity contribution in [3.8, 4) is 0 Å². The molecule has 1 aromatic carbocycles. The van der Waals surface area contributed by atoms with E-state index in [1.807, 2.05) is 12.1 Å². The maximum Gasteiger partial charge on any atom is 0.337 e. The van der Waals surface area contributed by atoms with Gasteiger partial charge < -0.3 is 5.11 Å². The highest BCUT2D eigenvalue weighted by atomic mass is 35.5. The Morgan fingerprint density at radius 2 is 2.15 bits per heavy atom. The van der Waals surface area contributed by atoms with Crippen molar-refractivity contribution in [3.05, 3.63) is 58.9 Å². The van der Waals surface area contributed by atoms with Gasteiger partial charge in [-0.3, -0.25) is 9.19 Å². The Morgan fingerprint density at radius 3 is 2.80 bits per heavy atom. The first kappa shape index (κ1) is 14.7. The minimum absolute atomic E-state index is 0.0288. The van der Waals surface area contributed by atoms with Crippen molar-refractivity contribution in [2.75, 3.05) is 5.75 Å². The monoisotopic (exact) mass is 309 g/mol. The molecule has 1 heterocycles. The average Bonchev–Trinajstić information content (AvgIpc) is 2.46. The van der Waals surface area contributed by atoms with Crippen molar-refractivity contribution in [1.29, 1.82) is 0 Å². The second-order valence-corrected chi connectivity index (χ2v) is 6.09. The van der Waals surface area contributed by atoms with E-state index in [4.69, 9.17) is 16.7 Å². The number of carbonyl (C=O) groups is 1. The molecule has 1 unspecified atom stereocenters. The van der Waals surface area contributed by atoms with Gasteiger partial charge in [0.2, 0.25) is 0 Å². The molecule has 0 aliphatic heterocycles. The van der Waals surface area contributed by atoms with Gasteiger partial charge in [0.05, 0.1) is 21.4 Å². The number of aromatic carboxylic acids is 1. The normalized spacial score (nSPS) is 12.1. The van der Waals surface area contributed by atoms with Gasteiger partial charge in [-0.2, -0.15) is 0 Å². The Labute approximate surface area is 123 Å². The summed E-state index contributed by atoms with van der Waals surface area (Å²) in [6, 6.07) is 8.15. The molecule has 6 heteroatoms. The summed E-state index contributed by atoms with van der Waals surface area (Å²) in [5.74, 6) is -0.715. The molecule has 1 aromatic heterocycles. The molecule has 0 radical (unpaired) electrons. The number of aryl methyl sites for hydroxylation is 1. The van der Waals surface area contributed by atoms with E-state index in [1.165, 1.54) is 12.1 Å². The highest BCUT2D eigenvalue weighted by Crippen LogP contribution is 2.20. The van der Waals surface area contributed by atoms with E-state index in [0.29, 0.717) is 17.1 Å². The van der Waals surface area contributed by atoms with E-state index in [-0.39, 0.29) is 10.6 Å². The second kappa shape index (κ2) is 6.63. The number of nitrogens with zero attached hydrogens (tertiary/aromatic N) is 1. The molecule has 0 aliphatic rings. The summed E-state index contributed by atoms with van der Waals surface area (Å²) < 4.78 is 12.2. The number of hydrogen-bond donors (Lipinski definition) is 1. The standard InChI is InChI=1S/C14H12ClNO3S/c15-13-4-3-11(8-12(13)14(17)18)20(19)7-5-10-2-1-6-16-9-10/h1-4,6,8-9H,5,7H2,(H,17,18). The number of carboxylic acids is 1. The summed E-state index contributed by atoms with van der Waals surface area (Å²) in [6.07, 6.45) is 4.02. The second-order valence-electron chi connectivity index (χ2n) is 4.11. The summed E-state index contributed by atoms with van der Waals surface area (Å²) in [5, 5.41) is 9.13. The Kier molecular flexibility index (Phi) is 4.87. The molecule has 0 bridgehead atoms. The van der Waals surface area contributed by atoms with Crippen molar-refractivity contribution in [3.63, 3.8) is 0 Å². The summed E-state index contributed by atoms with van der Waals surface area (Å²) in [6.45, 7) is 0. The number of halogens is 1. The Hall–Kier alpha value is -1.72. The molecule has 0 fully saturated rings. The topological polar surface area (TPSA) is 67.3 Å². The minimum Gasteiger partial charge on any atom is -0.478 e. The van der Waals surface area contributed by atoms with Crippen LogP contribution in [0.25, 0.3) is 0 Å². The van der Waals surface area contributed by atoms with E-state index in [1.54, 1.807) is 18.5 Å². The van der Waals surface area contributed by atoms with Crippen molar-refractivity contribution in [2.24, 2.45) is 0 Å². The zero-order valence-corrected chi connectivity index (χ0v) is 12.0. The summed E-state index contributed by atoms with van der Waals surface area (Å²) in [5.41, 5.74) is 0.965. The fraction of sp³-hybridized carbons (Fsp3) is 0.143. The number of hydrogen-bond acceptors (Lipinski definition) is 3. The van der Waals surface area contributed by atoms with Crippen LogP contribution in [0.15, 0.2) is 47.6 Å². The molecule has 0 aliphatic carbocycles. The van der Waals surface area contributed by atoms with Gasteiger partial charge in [-0.05, 0) is 36.2 Å². The van der Waals surface area contributed by atoms with E-state index in [2.05, 4.69) is 4.98 Å². The highest BCUT2D eigenvalue weighted by Gasteiger charge is 2.12. The van der Waals surface area contributed by atoms with Gasteiger partial charge in [-0.1, -0.05) is 17.7 Å². The molecule has 2 aromatic rings. The lowest BCUT2D eigenvalue weighted by molar-refractivity contribution is 0.0697. The molecular weight excluding hydrogens is 298 g/mol. The van der Waals surface area contributed by atoms with Gasteiger partial charge in [0, 0.05) is 23.0 Å². The molecule has 4 nitrogen and oxygen atoms in total. The van der Waals surface area contributed by atoms with Crippen LogP contribution < -0.4 is 0 Å². The van der Waals surface area contributed by atoms with Crippen molar-refractivity contribution < 1.29 is 14.1 Å². The summed E-state index contributed by atoms with van der Waals surface area (Å²) >= 11 is 5.78. The number of rotatable bonds is 5. The van der Waals surface area contributed by atoms with Crippen molar-refractivity contribution in [2.45, 2.75) is 11.3 Å². The molecule has 0 saturated heterocycles. The third-order valence-electron chi connectivity index (χ3n) is 2.73. The molecular formula is C14H12ClNO3S. The zero-order chi connectivity index (χ0) is 14.5. The van der Waals surface area contributed by atoms with Crippen LogP contribution in [-0.4, -0.2) is 26.0 Å². The fourth-order valence-corrected chi connectivity index (χ4v) is 3.01. The Bertz CT molecular complexity index is 646. The third-order valence-corrected chi connectivity index (χ3v) is 4.41. The van der Waals surface area contributed by atoms with E-state index >= 15 is 0 Å². The first-order valence-corrected chi connectivity index (χ1v) is 7.58. The molecule has 20 heavy (non-hydrogen) atoms. The third kappa shape index (κ3) is 3.65. The van der Waals surface area contributed by atoms with Crippen LogP contribution in [0.4, 0.5) is 0 Å². The molecule has 2 rings (SSSR count). The van der Waals surface area contributed by atoms with Crippen LogP contribution in [0.5, 0.6) is 0 Å². The molecule has 0 amide bonds. The number of pyridine rings is 1. The van der Waals surface area contributed by atoms with Crippen LogP contribution in [0, 0.1) is 0 Å². The SMILES string of the molecule is O=C(O)c1cc(S(=O)CCc2cccnc2)ccc1Cl. The van der Waals surface area contributed by atoms with Gasteiger partial charge in [-0.25, -0.2) is 4.79 Å². The Balaban J connectivity index is 2.10. The van der Waals surface area contributed by atoms with Gasteiger partial charge in [-0.15, -0.1) is 0 Å². The predicted octanol–water partition coefficient (Wildman–Crippen LogP) is 2.78. The zero-order valence-electron chi connectivity index (χ0n) is 10.5. The minimum atomic E-state index is -1.27. The summed E-state index contributed by atoms with van der Waals surface area (Å²) in [7, 11) is -1.27. The predicted molar refractivity (Wildman–Crippen MR) is 77.6 cm³/mol. The lowest BCUT2D eigenvalue weighted by atomic mass is 10.2. The smallest absolute Gasteiger partial charge is 0.337 e. The number of carboxylic acid groups (broad SMARTS) is 1. The average molecular weight is 310 g/mol. The van der Waals surface area contributed by atoms with Gasteiger partial charge in [0.25, 0.3) is 0 Å². The molecule has 1 atom stereocenters. The van der Waals surface area contributed by atoms with Crippen LogP contribution >= 0.6 is 11.6 Å². The van der Waals surface area contributed by atoms with E-state index in [9.17, 15) is 9.00 Å². The lowest BCUT2D eigenvalue weighted by Gasteiger charge is -2.05. The quantitative estimate of drug-likeness (QED) is 0.922. The van der Waals surface area contributed by atoms with Gasteiger partial charge in [0.1, 0.15) is 0 Å². The van der Waals surface area contributed by atoms with Crippen LogP contribution in [0.3, 0.4) is 0 Å². The number of aromatic nitrogens is 1. The van der Waals surface area contributed by atoms with Crippen molar-refractivity contribution in [1.82, 2.24) is 4.98 Å². The van der Waals surface area contributed by atoms with E-state index in [0.717, 1.165) is 5.56 Å². The first-order chi connectivity index (χ1) is 9.58. The first-order valence-electron chi connectivity index (χ1n) is 5.88. The highest BCUT2D eigenvalue weighted by molar-refractivity contribution is 7.85. The van der Waals surface area contributed by atoms with Crippen LogP contribution in [0.1, 0.15) is 15.9 Å². The molecule has 0 spiro atoms. The maximum absolute atomic E-state index is 12.2. The number of benzene rings is 1. The lowest BCUT2D eigenvalue weighted by Crippen LogP contribution is -2.04. The van der Waals surface area contributed by atoms with Crippen LogP contribution in [-0.2, 0) is 17.2 Å². The van der Waals surface area contributed by atoms with Gasteiger partial charge >= 0.3 is 5.97 Å². The largest absolute Gasteiger partial charge is 0.478 e. The fourth-order valence-electron chi connectivity index (χ4n) is 1.68. The maximum atomic E-state index is 12.2.